The molecular formula is C20H22O3. The van der Waals surface area contributed by atoms with Gasteiger partial charge in [-0.15, -0.1) is 0 Å². The fraction of sp³-hybridized carbons (Fsp3) is 0.300. The second kappa shape index (κ2) is 6.47. The Morgan fingerprint density at radius 1 is 0.826 bits per heavy atom. The minimum absolute atomic E-state index is 0.0810. The highest BCUT2D eigenvalue weighted by Gasteiger charge is 2.25. The molecule has 0 bridgehead atoms. The van der Waals surface area contributed by atoms with Crippen molar-refractivity contribution in [3.8, 4) is 0 Å². The maximum Gasteiger partial charge on any atom is 0.193 e. The Hall–Kier alpha value is -2.26. The summed E-state index contributed by atoms with van der Waals surface area (Å²) in [4.78, 5) is 24.5. The summed E-state index contributed by atoms with van der Waals surface area (Å²) in [5.74, 6) is -0.0216. The number of carbonyl (C=O) groups is 2. The first-order chi connectivity index (χ1) is 10.7. The minimum atomic E-state index is -1.42. The molecule has 23 heavy (non-hydrogen) atoms. The molecule has 0 aliphatic carbocycles. The predicted molar refractivity (Wildman–Crippen MR) is 91.0 cm³/mol. The van der Waals surface area contributed by atoms with Gasteiger partial charge in [0.2, 0.25) is 0 Å². The highest BCUT2D eigenvalue weighted by molar-refractivity contribution is 6.09. The van der Waals surface area contributed by atoms with Crippen LogP contribution >= 0.6 is 0 Å². The van der Waals surface area contributed by atoms with E-state index in [4.69, 9.17) is 0 Å². The van der Waals surface area contributed by atoms with Crippen molar-refractivity contribution < 1.29 is 14.7 Å². The molecular weight excluding hydrogens is 288 g/mol. The zero-order chi connectivity index (χ0) is 17.2. The summed E-state index contributed by atoms with van der Waals surface area (Å²) in [6.45, 7) is 7.11. The van der Waals surface area contributed by atoms with Crippen LogP contribution in [0.25, 0.3) is 0 Å². The van der Waals surface area contributed by atoms with Gasteiger partial charge in [0.05, 0.1) is 0 Å². The Morgan fingerprint density at radius 3 is 1.61 bits per heavy atom. The van der Waals surface area contributed by atoms with Crippen molar-refractivity contribution in [1.82, 2.24) is 0 Å². The first kappa shape index (κ1) is 17.1. The summed E-state index contributed by atoms with van der Waals surface area (Å²) in [5.41, 5.74) is 1.31. The van der Waals surface area contributed by atoms with Crippen molar-refractivity contribution in [3.63, 3.8) is 0 Å². The average molecular weight is 310 g/mol. The molecule has 3 nitrogen and oxygen atoms in total. The molecule has 0 radical (unpaired) electrons. The van der Waals surface area contributed by atoms with E-state index in [1.54, 1.807) is 24.3 Å². The van der Waals surface area contributed by atoms with E-state index in [1.165, 1.54) is 19.4 Å². The van der Waals surface area contributed by atoms with Crippen LogP contribution in [0.5, 0.6) is 0 Å². The van der Waals surface area contributed by atoms with Crippen molar-refractivity contribution in [2.24, 2.45) is 0 Å². The molecule has 0 fully saturated rings. The lowest BCUT2D eigenvalue weighted by atomic mass is 9.94. The summed E-state index contributed by atoms with van der Waals surface area (Å²) in [6.07, 6.45) is 0. The van der Waals surface area contributed by atoms with Gasteiger partial charge >= 0.3 is 0 Å². The van der Waals surface area contributed by atoms with Crippen LogP contribution in [0.3, 0.4) is 0 Å². The van der Waals surface area contributed by atoms with E-state index in [1.807, 2.05) is 24.3 Å². The Labute approximate surface area is 137 Å². The van der Waals surface area contributed by atoms with Crippen molar-refractivity contribution in [1.29, 1.82) is 0 Å². The molecule has 3 heteroatoms. The van der Waals surface area contributed by atoms with Crippen molar-refractivity contribution in [2.45, 2.75) is 39.2 Å². The number of aliphatic hydroxyl groups is 1. The summed E-state index contributed by atoms with van der Waals surface area (Å²) in [6, 6.07) is 14.0. The van der Waals surface area contributed by atoms with Gasteiger partial charge in [0.15, 0.2) is 11.6 Å². The number of carbonyl (C=O) groups excluding carboxylic acids is 2. The molecule has 0 aliphatic heterocycles. The number of Topliss-reactive ketones (excluding diaryl/α,β-unsaturated/α-hetero) is 1. The Balaban J connectivity index is 2.22. The molecule has 2 aromatic carbocycles. The van der Waals surface area contributed by atoms with E-state index >= 15 is 0 Å². The smallest absolute Gasteiger partial charge is 0.193 e. The van der Waals surface area contributed by atoms with Gasteiger partial charge in [0.1, 0.15) is 5.60 Å². The van der Waals surface area contributed by atoms with Gasteiger partial charge < -0.3 is 5.11 Å². The third-order valence-corrected chi connectivity index (χ3v) is 3.80. The number of hydrogen-bond acceptors (Lipinski definition) is 3. The number of ketones is 2. The number of benzene rings is 2. The van der Waals surface area contributed by atoms with Gasteiger partial charge in [-0.1, -0.05) is 62.4 Å². The Morgan fingerprint density at radius 2 is 1.22 bits per heavy atom. The molecule has 2 aromatic rings. The molecule has 0 saturated carbocycles. The highest BCUT2D eigenvalue weighted by atomic mass is 16.3. The van der Waals surface area contributed by atoms with E-state index in [0.29, 0.717) is 22.6 Å². The molecule has 0 aliphatic rings. The van der Waals surface area contributed by atoms with E-state index in [0.717, 1.165) is 0 Å². The van der Waals surface area contributed by atoms with E-state index < -0.39 is 5.60 Å². The highest BCUT2D eigenvalue weighted by Crippen LogP contribution is 2.18. The first-order valence-electron chi connectivity index (χ1n) is 7.72. The van der Waals surface area contributed by atoms with Crippen LogP contribution in [0.4, 0.5) is 0 Å². The lowest BCUT2D eigenvalue weighted by Gasteiger charge is -2.15. The largest absolute Gasteiger partial charge is 0.382 e. The molecule has 0 aromatic heterocycles. The van der Waals surface area contributed by atoms with Gasteiger partial charge in [0, 0.05) is 16.7 Å². The third-order valence-electron chi connectivity index (χ3n) is 3.80. The summed E-state index contributed by atoms with van der Waals surface area (Å²) < 4.78 is 0. The molecule has 120 valence electrons. The van der Waals surface area contributed by atoms with Crippen molar-refractivity contribution in [2.75, 3.05) is 0 Å². The van der Waals surface area contributed by atoms with Crippen LogP contribution in [0.1, 0.15) is 65.5 Å². The van der Waals surface area contributed by atoms with Crippen LogP contribution < -0.4 is 0 Å². The molecule has 0 heterocycles. The van der Waals surface area contributed by atoms with Gasteiger partial charge in [0.25, 0.3) is 0 Å². The Bertz CT molecular complexity index is 702. The molecule has 0 unspecified atom stereocenters. The van der Waals surface area contributed by atoms with Crippen LogP contribution in [0.15, 0.2) is 48.5 Å². The van der Waals surface area contributed by atoms with Crippen LogP contribution in [0, 0.1) is 0 Å². The average Bonchev–Trinajstić information content (AvgIpc) is 2.53. The van der Waals surface area contributed by atoms with Crippen LogP contribution in [-0.4, -0.2) is 22.3 Å². The van der Waals surface area contributed by atoms with Crippen LogP contribution in [0.2, 0.25) is 0 Å². The number of rotatable bonds is 5. The molecule has 1 N–H and O–H groups in total. The summed E-state index contributed by atoms with van der Waals surface area (Å²) in [7, 11) is 0. The van der Waals surface area contributed by atoms with E-state index in [-0.39, 0.29) is 11.6 Å². The molecule has 0 atom stereocenters. The van der Waals surface area contributed by atoms with Crippen LogP contribution in [-0.2, 0) is 0 Å². The quantitative estimate of drug-likeness (QED) is 0.849. The first-order valence-corrected chi connectivity index (χ1v) is 7.72. The fourth-order valence-electron chi connectivity index (χ4n) is 2.31. The van der Waals surface area contributed by atoms with Gasteiger partial charge in [-0.05, 0) is 25.3 Å². The SMILES string of the molecule is CC(C)c1ccc(C(=O)c2ccc(C(=O)C(C)(C)O)cc2)cc1. The number of hydrogen-bond donors (Lipinski definition) is 1. The molecule has 0 spiro atoms. The predicted octanol–water partition coefficient (Wildman–Crippen LogP) is 3.99. The zero-order valence-electron chi connectivity index (χ0n) is 14.0. The fourth-order valence-corrected chi connectivity index (χ4v) is 2.31. The molecule has 2 rings (SSSR count). The van der Waals surface area contributed by atoms with Crippen molar-refractivity contribution in [3.05, 3.63) is 70.8 Å². The minimum Gasteiger partial charge on any atom is -0.382 e. The maximum atomic E-state index is 12.5. The topological polar surface area (TPSA) is 54.4 Å². The molecule has 0 amide bonds. The summed E-state index contributed by atoms with van der Waals surface area (Å²) >= 11 is 0. The summed E-state index contributed by atoms with van der Waals surface area (Å²) in [5, 5.41) is 9.75. The molecule has 0 saturated heterocycles. The lowest BCUT2D eigenvalue weighted by molar-refractivity contribution is 0.0488. The lowest BCUT2D eigenvalue weighted by Crippen LogP contribution is -2.31. The monoisotopic (exact) mass is 310 g/mol. The maximum absolute atomic E-state index is 12.5. The van der Waals surface area contributed by atoms with Crippen molar-refractivity contribution >= 4 is 11.6 Å². The van der Waals surface area contributed by atoms with Gasteiger partial charge in [-0.2, -0.15) is 0 Å². The zero-order valence-corrected chi connectivity index (χ0v) is 14.0. The second-order valence-electron chi connectivity index (χ2n) is 6.57. The van der Waals surface area contributed by atoms with Gasteiger partial charge in [-0.25, -0.2) is 0 Å². The third kappa shape index (κ3) is 3.93. The standard InChI is InChI=1S/C20H22O3/c1-13(2)14-5-7-15(8-6-14)18(21)16-9-11-17(12-10-16)19(22)20(3,4)23/h5-13,23H,1-4H3. The van der Waals surface area contributed by atoms with Gasteiger partial charge in [-0.3, -0.25) is 9.59 Å². The van der Waals surface area contributed by atoms with E-state index in [9.17, 15) is 14.7 Å². The Kier molecular flexibility index (Phi) is 4.81. The second-order valence-corrected chi connectivity index (χ2v) is 6.57. The van der Waals surface area contributed by atoms with E-state index in [2.05, 4.69) is 13.8 Å². The normalized spacial score (nSPS) is 11.6.